The topological polar surface area (TPSA) is 101 Å². The molecule has 1 N–H and O–H groups in total. The lowest BCUT2D eigenvalue weighted by atomic mass is 9.89. The molecule has 216 valence electrons. The first-order valence-corrected chi connectivity index (χ1v) is 16.7. The van der Waals surface area contributed by atoms with Gasteiger partial charge in [0.05, 0.1) is 37.7 Å². The lowest BCUT2D eigenvalue weighted by Crippen LogP contribution is -2.48. The number of fused-ring (bicyclic) bond motifs is 1. The van der Waals surface area contributed by atoms with Crippen LogP contribution < -0.4 is 10.1 Å². The van der Waals surface area contributed by atoms with Crippen LogP contribution >= 0.6 is 0 Å². The molecule has 0 atom stereocenters. The predicted octanol–water partition coefficient (Wildman–Crippen LogP) is 4.90. The number of methoxy groups -OCH3 is 1. The molecule has 0 radical (unpaired) electrons. The van der Waals surface area contributed by atoms with E-state index in [0.717, 1.165) is 18.2 Å². The van der Waals surface area contributed by atoms with Crippen molar-refractivity contribution in [2.75, 3.05) is 33.5 Å². The van der Waals surface area contributed by atoms with Gasteiger partial charge in [-0.1, -0.05) is 26.6 Å². The van der Waals surface area contributed by atoms with Crippen LogP contribution in [0, 0.1) is 17.0 Å². The molecule has 0 unspecified atom stereocenters. The Balaban J connectivity index is 1.55. The zero-order chi connectivity index (χ0) is 29.1. The summed E-state index contributed by atoms with van der Waals surface area (Å²) in [5.41, 5.74) is 0.494. The number of halogens is 2. The first-order valence-electron chi connectivity index (χ1n) is 13.0. The van der Waals surface area contributed by atoms with E-state index in [-0.39, 0.29) is 46.7 Å². The number of nitrogens with one attached hydrogen (secondary N) is 1. The fraction of sp³-hybridized carbons (Fsp3) is 0.464. The van der Waals surface area contributed by atoms with E-state index in [1.54, 1.807) is 4.57 Å². The number of pyridine rings is 1. The van der Waals surface area contributed by atoms with Gasteiger partial charge in [-0.25, -0.2) is 18.6 Å². The summed E-state index contributed by atoms with van der Waals surface area (Å²) < 4.78 is 53.4. The molecule has 3 heterocycles. The second kappa shape index (κ2) is 12.0. The molecule has 3 aromatic rings. The van der Waals surface area contributed by atoms with Crippen molar-refractivity contribution in [3.8, 4) is 11.5 Å². The van der Waals surface area contributed by atoms with E-state index in [4.69, 9.17) is 18.9 Å². The molecule has 0 aliphatic carbocycles. The fourth-order valence-electron chi connectivity index (χ4n) is 4.21. The number of nitrogens with zero attached hydrogens (tertiary/aromatic N) is 2. The van der Waals surface area contributed by atoms with Crippen molar-refractivity contribution in [1.82, 2.24) is 14.9 Å². The number of carbonyl (C=O) groups is 2. The lowest BCUT2D eigenvalue weighted by Gasteiger charge is -2.38. The van der Waals surface area contributed by atoms with E-state index >= 15 is 8.78 Å². The van der Waals surface area contributed by atoms with Gasteiger partial charge in [-0.05, 0) is 29.8 Å². The molecule has 2 aromatic heterocycles. The van der Waals surface area contributed by atoms with E-state index in [2.05, 4.69) is 29.9 Å². The van der Waals surface area contributed by atoms with Gasteiger partial charge >= 0.3 is 5.97 Å². The average Bonchev–Trinajstić information content (AvgIpc) is 3.25. The van der Waals surface area contributed by atoms with Gasteiger partial charge in [-0.2, -0.15) is 0 Å². The summed E-state index contributed by atoms with van der Waals surface area (Å²) in [6.45, 7) is 10.9. The molecule has 9 nitrogen and oxygen atoms in total. The third-order valence-electron chi connectivity index (χ3n) is 6.60. The zero-order valence-electron chi connectivity index (χ0n) is 23.4. The van der Waals surface area contributed by atoms with Crippen LogP contribution in [-0.2, 0) is 32.2 Å². The molecule has 1 fully saturated rings. The van der Waals surface area contributed by atoms with Crippen molar-refractivity contribution in [3.63, 3.8) is 0 Å². The number of hydrogen-bond donors (Lipinski definition) is 1. The van der Waals surface area contributed by atoms with E-state index in [1.807, 2.05) is 6.92 Å². The number of esters is 1. The summed E-state index contributed by atoms with van der Waals surface area (Å²) in [4.78, 5) is 29.3. The quantitative estimate of drug-likeness (QED) is 0.186. The van der Waals surface area contributed by atoms with Crippen molar-refractivity contribution < 1.29 is 37.3 Å². The minimum atomic E-state index is -1.30. The first-order chi connectivity index (χ1) is 18.9. The highest BCUT2D eigenvalue weighted by Crippen LogP contribution is 2.36. The Hall–Kier alpha value is -3.35. The number of aromatic nitrogens is 2. The number of ether oxygens (including phenoxy) is 4. The molecule has 1 aliphatic heterocycles. The molecule has 0 spiro atoms. The second-order valence-electron chi connectivity index (χ2n) is 11.6. The number of benzene rings is 1. The Morgan fingerprint density at radius 3 is 2.50 bits per heavy atom. The Labute approximate surface area is 232 Å². The molecule has 1 saturated heterocycles. The Morgan fingerprint density at radius 2 is 1.90 bits per heavy atom. The second-order valence-corrected chi connectivity index (χ2v) is 17.2. The number of amides is 1. The molecular weight excluding hydrogens is 540 g/mol. The van der Waals surface area contributed by atoms with Crippen molar-refractivity contribution in [3.05, 3.63) is 53.4 Å². The highest BCUT2D eigenvalue weighted by molar-refractivity contribution is 6.76. The Bertz CT molecular complexity index is 1380. The molecule has 0 saturated carbocycles. The average molecular weight is 576 g/mol. The van der Waals surface area contributed by atoms with Crippen LogP contribution in [0.1, 0.15) is 22.8 Å². The molecule has 40 heavy (non-hydrogen) atoms. The first kappa shape index (κ1) is 29.6. The van der Waals surface area contributed by atoms with E-state index in [0.29, 0.717) is 32.0 Å². The third-order valence-corrected chi connectivity index (χ3v) is 8.30. The minimum Gasteiger partial charge on any atom is -0.465 e. The summed E-state index contributed by atoms with van der Waals surface area (Å²) >= 11 is 0. The van der Waals surface area contributed by atoms with Crippen LogP contribution in [-0.4, -0.2) is 63.0 Å². The zero-order valence-corrected chi connectivity index (χ0v) is 24.4. The molecule has 12 heteroatoms. The van der Waals surface area contributed by atoms with Crippen LogP contribution in [0.4, 0.5) is 8.78 Å². The molecule has 1 aliphatic rings. The number of hydrogen-bond acceptors (Lipinski definition) is 7. The van der Waals surface area contributed by atoms with Gasteiger partial charge < -0.3 is 28.8 Å². The summed E-state index contributed by atoms with van der Waals surface area (Å²) in [5, 5.41) is 3.02. The molecule has 4 rings (SSSR count). The van der Waals surface area contributed by atoms with Crippen LogP contribution in [0.2, 0.25) is 25.7 Å². The van der Waals surface area contributed by atoms with Crippen molar-refractivity contribution >= 4 is 31.0 Å². The van der Waals surface area contributed by atoms with E-state index in [1.165, 1.54) is 25.6 Å². The van der Waals surface area contributed by atoms with E-state index < -0.39 is 31.4 Å². The summed E-state index contributed by atoms with van der Waals surface area (Å²) in [7, 11) is -0.0595. The van der Waals surface area contributed by atoms with Gasteiger partial charge in [-0.15, -0.1) is 0 Å². The van der Waals surface area contributed by atoms with Crippen LogP contribution in [0.25, 0.3) is 11.0 Å². The Morgan fingerprint density at radius 1 is 1.20 bits per heavy atom. The van der Waals surface area contributed by atoms with E-state index in [9.17, 15) is 9.59 Å². The SMILES string of the molecule is COC(=O)c1cn(COCC[Si](C)(C)C)c2nccc(Oc3c(F)cc(CC(=O)NCC4(C)COC4)cc3F)c12. The highest BCUT2D eigenvalue weighted by Gasteiger charge is 2.33. The van der Waals surface area contributed by atoms with Gasteiger partial charge in [-0.3, -0.25) is 4.79 Å². The maximum atomic E-state index is 15.1. The molecule has 1 aromatic carbocycles. The predicted molar refractivity (Wildman–Crippen MR) is 147 cm³/mol. The van der Waals surface area contributed by atoms with Gasteiger partial charge in [0.15, 0.2) is 17.4 Å². The Kier molecular flexibility index (Phi) is 8.91. The monoisotopic (exact) mass is 575 g/mol. The summed E-state index contributed by atoms with van der Waals surface area (Å²) in [6.07, 6.45) is 2.74. The summed E-state index contributed by atoms with van der Waals surface area (Å²) in [6, 6.07) is 4.49. The van der Waals surface area contributed by atoms with Crippen molar-refractivity contribution in [2.45, 2.75) is 45.8 Å². The minimum absolute atomic E-state index is 0.0190. The standard InChI is InChI=1S/C28H35F2N3O6Si/c1-28(15-38-16-28)14-32-23(34)12-18-10-20(29)25(21(30)11-18)39-22-6-7-31-26-24(22)19(27(35)36-2)13-33(26)17-37-8-9-40(3,4)5/h6-7,10-11,13H,8-9,12,14-17H2,1-5H3,(H,32,34). The van der Waals surface area contributed by atoms with Crippen LogP contribution in [0.3, 0.4) is 0 Å². The molecule has 0 bridgehead atoms. The third kappa shape index (κ3) is 7.04. The van der Waals surface area contributed by atoms with Crippen LogP contribution in [0.15, 0.2) is 30.6 Å². The van der Waals surface area contributed by atoms with Crippen molar-refractivity contribution in [1.29, 1.82) is 0 Å². The van der Waals surface area contributed by atoms with Crippen LogP contribution in [0.5, 0.6) is 11.5 Å². The maximum Gasteiger partial charge on any atom is 0.340 e. The van der Waals surface area contributed by atoms with Gasteiger partial charge in [0.1, 0.15) is 18.1 Å². The number of rotatable bonds is 12. The van der Waals surface area contributed by atoms with Gasteiger partial charge in [0.25, 0.3) is 0 Å². The maximum absolute atomic E-state index is 15.1. The smallest absolute Gasteiger partial charge is 0.340 e. The molecular formula is C28H35F2N3O6Si. The van der Waals surface area contributed by atoms with Crippen molar-refractivity contribution in [2.24, 2.45) is 5.41 Å². The van der Waals surface area contributed by atoms with Gasteiger partial charge in [0, 0.05) is 39.0 Å². The van der Waals surface area contributed by atoms with Gasteiger partial charge in [0.2, 0.25) is 5.91 Å². The lowest BCUT2D eigenvalue weighted by molar-refractivity contribution is -0.126. The summed E-state index contributed by atoms with van der Waals surface area (Å²) in [5.74, 6) is -3.63. The normalized spacial score (nSPS) is 14.6. The fourth-order valence-corrected chi connectivity index (χ4v) is 4.97. The largest absolute Gasteiger partial charge is 0.465 e. The highest BCUT2D eigenvalue weighted by atomic mass is 28.3. The molecule has 1 amide bonds. The number of carbonyl (C=O) groups excluding carboxylic acids is 2.